The standard InChI is InChI=1S/C18H26N2O/c1-13-6-5-8-15(12-13)20(2)18(21)17-16-9-4-3-7-14(16)10-11-19-17/h3-4,7,9,13,15,17,19H,5-6,8,10-12H2,1-2H3. The monoisotopic (exact) mass is 286 g/mol. The van der Waals surface area contributed by atoms with E-state index in [0.717, 1.165) is 31.7 Å². The molecular weight excluding hydrogens is 260 g/mol. The third kappa shape index (κ3) is 2.98. The topological polar surface area (TPSA) is 32.3 Å². The molecule has 3 rings (SSSR count). The molecule has 3 heteroatoms. The second-order valence-electron chi connectivity index (χ2n) is 6.71. The summed E-state index contributed by atoms with van der Waals surface area (Å²) in [6, 6.07) is 8.61. The number of benzene rings is 1. The zero-order valence-electron chi connectivity index (χ0n) is 13.1. The summed E-state index contributed by atoms with van der Waals surface area (Å²) in [7, 11) is 1.99. The molecule has 1 saturated carbocycles. The fourth-order valence-electron chi connectivity index (χ4n) is 3.86. The van der Waals surface area contributed by atoms with Crippen molar-refractivity contribution in [1.29, 1.82) is 0 Å². The van der Waals surface area contributed by atoms with Gasteiger partial charge in [0.1, 0.15) is 6.04 Å². The van der Waals surface area contributed by atoms with Crippen LogP contribution in [0.25, 0.3) is 0 Å². The van der Waals surface area contributed by atoms with Crippen molar-refractivity contribution in [1.82, 2.24) is 10.2 Å². The first-order chi connectivity index (χ1) is 10.2. The van der Waals surface area contributed by atoms with E-state index < -0.39 is 0 Å². The number of rotatable bonds is 2. The molecule has 2 aliphatic rings. The van der Waals surface area contributed by atoms with Gasteiger partial charge in [-0.25, -0.2) is 0 Å². The maximum atomic E-state index is 12.9. The van der Waals surface area contributed by atoms with E-state index in [1.807, 2.05) is 18.0 Å². The molecule has 3 nitrogen and oxygen atoms in total. The van der Waals surface area contributed by atoms with Gasteiger partial charge in [-0.1, -0.05) is 44.0 Å². The van der Waals surface area contributed by atoms with Gasteiger partial charge in [-0.15, -0.1) is 0 Å². The largest absolute Gasteiger partial charge is 0.341 e. The summed E-state index contributed by atoms with van der Waals surface area (Å²) in [5, 5.41) is 3.42. The Morgan fingerprint density at radius 3 is 2.90 bits per heavy atom. The van der Waals surface area contributed by atoms with Crippen LogP contribution >= 0.6 is 0 Å². The van der Waals surface area contributed by atoms with Crippen LogP contribution in [0.2, 0.25) is 0 Å². The van der Waals surface area contributed by atoms with E-state index in [-0.39, 0.29) is 11.9 Å². The molecule has 1 N–H and O–H groups in total. The number of amides is 1. The number of nitrogens with zero attached hydrogens (tertiary/aromatic N) is 1. The van der Waals surface area contributed by atoms with Gasteiger partial charge in [-0.3, -0.25) is 4.79 Å². The number of nitrogens with one attached hydrogen (secondary N) is 1. The Bertz CT molecular complexity index is 514. The first kappa shape index (κ1) is 14.6. The van der Waals surface area contributed by atoms with Gasteiger partial charge in [0.2, 0.25) is 5.91 Å². The fraction of sp³-hybridized carbons (Fsp3) is 0.611. The van der Waals surface area contributed by atoms with Crippen LogP contribution in [0.4, 0.5) is 0 Å². The molecule has 1 heterocycles. The Labute approximate surface area is 127 Å². The van der Waals surface area contributed by atoms with E-state index in [1.54, 1.807) is 0 Å². The quantitative estimate of drug-likeness (QED) is 0.906. The van der Waals surface area contributed by atoms with Crippen LogP contribution in [0.5, 0.6) is 0 Å². The second-order valence-corrected chi connectivity index (χ2v) is 6.71. The molecule has 21 heavy (non-hydrogen) atoms. The van der Waals surface area contributed by atoms with Crippen molar-refractivity contribution >= 4 is 5.91 Å². The summed E-state index contributed by atoms with van der Waals surface area (Å²) in [5.74, 6) is 0.979. The van der Waals surface area contributed by atoms with Gasteiger partial charge in [-0.05, 0) is 36.3 Å². The molecule has 0 saturated heterocycles. The molecule has 1 amide bonds. The number of hydrogen-bond acceptors (Lipinski definition) is 2. The Kier molecular flexibility index (Phi) is 4.29. The Balaban J connectivity index is 1.76. The highest BCUT2D eigenvalue weighted by Gasteiger charge is 2.32. The first-order valence-electron chi connectivity index (χ1n) is 8.24. The van der Waals surface area contributed by atoms with Crippen LogP contribution in [0.15, 0.2) is 24.3 Å². The van der Waals surface area contributed by atoms with Crippen molar-refractivity contribution in [2.75, 3.05) is 13.6 Å². The van der Waals surface area contributed by atoms with Crippen molar-refractivity contribution < 1.29 is 4.79 Å². The molecule has 0 spiro atoms. The molecule has 0 bridgehead atoms. The minimum absolute atomic E-state index is 0.155. The van der Waals surface area contributed by atoms with Crippen LogP contribution in [-0.2, 0) is 11.2 Å². The van der Waals surface area contributed by atoms with Gasteiger partial charge < -0.3 is 10.2 Å². The lowest BCUT2D eigenvalue weighted by Gasteiger charge is -2.37. The highest BCUT2D eigenvalue weighted by Crippen LogP contribution is 2.30. The van der Waals surface area contributed by atoms with Gasteiger partial charge in [-0.2, -0.15) is 0 Å². The van der Waals surface area contributed by atoms with Crippen LogP contribution in [0.1, 0.15) is 49.8 Å². The third-order valence-corrected chi connectivity index (χ3v) is 5.16. The van der Waals surface area contributed by atoms with E-state index in [4.69, 9.17) is 0 Å². The molecule has 3 unspecified atom stereocenters. The zero-order chi connectivity index (χ0) is 14.8. The molecule has 114 valence electrons. The summed E-state index contributed by atoms with van der Waals surface area (Å²) >= 11 is 0. The maximum Gasteiger partial charge on any atom is 0.244 e. The summed E-state index contributed by atoms with van der Waals surface area (Å²) in [6.45, 7) is 3.20. The Hall–Kier alpha value is -1.35. The number of likely N-dealkylation sites (N-methyl/N-ethyl adjacent to an activating group) is 1. The Morgan fingerprint density at radius 2 is 2.10 bits per heavy atom. The van der Waals surface area contributed by atoms with Crippen LogP contribution in [0, 0.1) is 5.92 Å². The lowest BCUT2D eigenvalue weighted by atomic mass is 9.85. The highest BCUT2D eigenvalue weighted by atomic mass is 16.2. The molecule has 1 aliphatic heterocycles. The summed E-state index contributed by atoms with van der Waals surface area (Å²) < 4.78 is 0. The molecule has 1 aliphatic carbocycles. The zero-order valence-corrected chi connectivity index (χ0v) is 13.1. The first-order valence-corrected chi connectivity index (χ1v) is 8.24. The van der Waals surface area contributed by atoms with E-state index >= 15 is 0 Å². The second kappa shape index (κ2) is 6.18. The van der Waals surface area contributed by atoms with Crippen molar-refractivity contribution in [2.24, 2.45) is 5.92 Å². The molecule has 1 fully saturated rings. The van der Waals surface area contributed by atoms with E-state index in [9.17, 15) is 4.79 Å². The lowest BCUT2D eigenvalue weighted by molar-refractivity contribution is -0.135. The van der Waals surface area contributed by atoms with Crippen LogP contribution in [-0.4, -0.2) is 30.4 Å². The maximum absolute atomic E-state index is 12.9. The predicted molar refractivity (Wildman–Crippen MR) is 85.1 cm³/mol. The minimum Gasteiger partial charge on any atom is -0.341 e. The summed E-state index contributed by atoms with van der Waals surface area (Å²) in [6.07, 6.45) is 5.88. The van der Waals surface area contributed by atoms with Gasteiger partial charge in [0, 0.05) is 19.6 Å². The molecule has 1 aromatic rings. The predicted octanol–water partition coefficient (Wildman–Crippen LogP) is 2.91. The van der Waals surface area contributed by atoms with Crippen molar-refractivity contribution in [2.45, 2.75) is 51.1 Å². The van der Waals surface area contributed by atoms with Crippen LogP contribution in [0.3, 0.4) is 0 Å². The SMILES string of the molecule is CC1CCCC(N(C)C(=O)C2NCCc3ccccc32)C1. The van der Waals surface area contributed by atoms with Gasteiger partial charge in [0.05, 0.1) is 0 Å². The van der Waals surface area contributed by atoms with Crippen LogP contribution < -0.4 is 5.32 Å². The molecule has 3 atom stereocenters. The minimum atomic E-state index is -0.155. The highest BCUT2D eigenvalue weighted by molar-refractivity contribution is 5.84. The van der Waals surface area contributed by atoms with E-state index in [2.05, 4.69) is 30.4 Å². The average molecular weight is 286 g/mol. The van der Waals surface area contributed by atoms with Crippen molar-refractivity contribution in [3.63, 3.8) is 0 Å². The molecular formula is C18H26N2O. The van der Waals surface area contributed by atoms with E-state index in [1.165, 1.54) is 24.0 Å². The number of hydrogen-bond donors (Lipinski definition) is 1. The molecule has 1 aromatic carbocycles. The summed E-state index contributed by atoms with van der Waals surface area (Å²) in [4.78, 5) is 14.9. The van der Waals surface area contributed by atoms with Crippen molar-refractivity contribution in [3.05, 3.63) is 35.4 Å². The Morgan fingerprint density at radius 1 is 1.29 bits per heavy atom. The number of carbonyl (C=O) groups excluding carboxylic acids is 1. The third-order valence-electron chi connectivity index (χ3n) is 5.16. The molecule has 0 aromatic heterocycles. The molecule has 0 radical (unpaired) electrons. The van der Waals surface area contributed by atoms with Gasteiger partial charge in [0.25, 0.3) is 0 Å². The van der Waals surface area contributed by atoms with Crippen molar-refractivity contribution in [3.8, 4) is 0 Å². The summed E-state index contributed by atoms with van der Waals surface area (Å²) in [5.41, 5.74) is 2.49. The fourth-order valence-corrected chi connectivity index (χ4v) is 3.86. The normalized spacial score (nSPS) is 28.8. The lowest BCUT2D eigenvalue weighted by Crippen LogP contribution is -2.47. The number of fused-ring (bicyclic) bond motifs is 1. The average Bonchev–Trinajstić information content (AvgIpc) is 2.53. The smallest absolute Gasteiger partial charge is 0.244 e. The number of carbonyl (C=O) groups is 1. The van der Waals surface area contributed by atoms with E-state index in [0.29, 0.717) is 6.04 Å². The van der Waals surface area contributed by atoms with Gasteiger partial charge in [0.15, 0.2) is 0 Å². The van der Waals surface area contributed by atoms with Gasteiger partial charge >= 0.3 is 0 Å².